The molecule has 1 aliphatic rings. The van der Waals surface area contributed by atoms with Gasteiger partial charge in [-0.1, -0.05) is 11.3 Å². The highest BCUT2D eigenvalue weighted by Gasteiger charge is 2.20. The van der Waals surface area contributed by atoms with Crippen LogP contribution in [-0.4, -0.2) is 17.6 Å². The molecule has 90 valence electrons. The number of aromatic nitrogens is 1. The van der Waals surface area contributed by atoms with E-state index in [1.54, 1.807) is 11.3 Å². The zero-order valence-corrected chi connectivity index (χ0v) is 11.0. The van der Waals surface area contributed by atoms with Crippen molar-refractivity contribution in [3.8, 4) is 0 Å². The number of aryl methyl sites for hydroxylation is 1. The van der Waals surface area contributed by atoms with Crippen LogP contribution in [0.5, 0.6) is 0 Å². The zero-order chi connectivity index (χ0) is 12.0. The summed E-state index contributed by atoms with van der Waals surface area (Å²) in [6.07, 6.45) is 2.41. The minimum Gasteiger partial charge on any atom is -0.375 e. The van der Waals surface area contributed by atoms with Gasteiger partial charge in [0.25, 0.3) is 0 Å². The van der Waals surface area contributed by atoms with Gasteiger partial charge in [0.2, 0.25) is 0 Å². The Labute approximate surface area is 105 Å². The predicted molar refractivity (Wildman–Crippen MR) is 74.8 cm³/mol. The lowest BCUT2D eigenvalue weighted by molar-refractivity contribution is 0.626. The van der Waals surface area contributed by atoms with Crippen LogP contribution in [0.25, 0.3) is 10.2 Å². The van der Waals surface area contributed by atoms with E-state index in [0.29, 0.717) is 11.2 Å². The molecule has 0 aliphatic carbocycles. The Morgan fingerprint density at radius 3 is 3.00 bits per heavy atom. The Hall–Kier alpha value is -1.29. The minimum absolute atomic E-state index is 0.544. The molecule has 0 radical (unpaired) electrons. The van der Waals surface area contributed by atoms with Gasteiger partial charge in [-0.3, -0.25) is 0 Å². The molecule has 0 atom stereocenters. The van der Waals surface area contributed by atoms with Crippen molar-refractivity contribution >= 4 is 32.4 Å². The number of nitrogens with two attached hydrogens (primary N) is 1. The second-order valence-electron chi connectivity index (χ2n) is 4.89. The number of nitrogens with zero attached hydrogens (tertiary/aromatic N) is 2. The molecule has 2 aromatic rings. The van der Waals surface area contributed by atoms with Crippen molar-refractivity contribution in [2.45, 2.75) is 32.7 Å². The highest BCUT2D eigenvalue weighted by atomic mass is 32.1. The molecule has 2 heterocycles. The molecule has 1 aliphatic heterocycles. The maximum atomic E-state index is 5.78. The van der Waals surface area contributed by atoms with E-state index in [0.717, 1.165) is 12.1 Å². The molecule has 0 spiro atoms. The smallest absolute Gasteiger partial charge is 0.181 e. The summed E-state index contributed by atoms with van der Waals surface area (Å²) in [6.45, 7) is 5.64. The second-order valence-corrected chi connectivity index (χ2v) is 5.95. The van der Waals surface area contributed by atoms with Crippen molar-refractivity contribution in [1.29, 1.82) is 0 Å². The van der Waals surface area contributed by atoms with Crippen LogP contribution in [0.15, 0.2) is 12.1 Å². The third-order valence-electron chi connectivity index (χ3n) is 3.38. The Morgan fingerprint density at radius 2 is 2.24 bits per heavy atom. The van der Waals surface area contributed by atoms with Crippen molar-refractivity contribution in [2.75, 3.05) is 17.2 Å². The molecular formula is C13H17N3S. The highest BCUT2D eigenvalue weighted by Crippen LogP contribution is 2.35. The Kier molecular flexibility index (Phi) is 2.47. The number of anilines is 2. The summed E-state index contributed by atoms with van der Waals surface area (Å²) in [5, 5.41) is 0.665. The van der Waals surface area contributed by atoms with E-state index in [2.05, 4.69) is 35.9 Å². The molecule has 0 saturated heterocycles. The quantitative estimate of drug-likeness (QED) is 0.842. The van der Waals surface area contributed by atoms with Gasteiger partial charge in [0.15, 0.2) is 5.13 Å². The summed E-state index contributed by atoms with van der Waals surface area (Å²) in [6, 6.07) is 5.02. The first-order chi connectivity index (χ1) is 8.15. The summed E-state index contributed by atoms with van der Waals surface area (Å²) in [5.74, 6) is 0. The normalized spacial score (nSPS) is 15.6. The number of nitrogen functional groups attached to an aromatic ring is 1. The Bertz CT molecular complexity index is 559. The van der Waals surface area contributed by atoms with E-state index in [9.17, 15) is 0 Å². The number of hydrogen-bond donors (Lipinski definition) is 1. The van der Waals surface area contributed by atoms with Crippen molar-refractivity contribution in [2.24, 2.45) is 0 Å². The zero-order valence-electron chi connectivity index (χ0n) is 10.2. The van der Waals surface area contributed by atoms with E-state index in [1.807, 2.05) is 0 Å². The highest BCUT2D eigenvalue weighted by molar-refractivity contribution is 7.22. The fourth-order valence-electron chi connectivity index (χ4n) is 2.59. The summed E-state index contributed by atoms with van der Waals surface area (Å²) in [5.41, 5.74) is 9.61. The average molecular weight is 247 g/mol. The number of fused-ring (bicyclic) bond motifs is 2. The van der Waals surface area contributed by atoms with Gasteiger partial charge in [-0.15, -0.1) is 0 Å². The number of rotatable bonds is 1. The number of hydrogen-bond acceptors (Lipinski definition) is 4. The lowest BCUT2D eigenvalue weighted by Gasteiger charge is -2.34. The first-order valence-corrected chi connectivity index (χ1v) is 6.92. The van der Waals surface area contributed by atoms with E-state index in [-0.39, 0.29) is 0 Å². The average Bonchev–Trinajstić information content (AvgIpc) is 2.63. The van der Waals surface area contributed by atoms with Gasteiger partial charge < -0.3 is 10.6 Å². The molecule has 0 bridgehead atoms. The van der Waals surface area contributed by atoms with Crippen molar-refractivity contribution < 1.29 is 0 Å². The van der Waals surface area contributed by atoms with Gasteiger partial charge >= 0.3 is 0 Å². The van der Waals surface area contributed by atoms with Crippen LogP contribution in [0.3, 0.4) is 0 Å². The van der Waals surface area contributed by atoms with E-state index >= 15 is 0 Å². The molecule has 0 saturated carbocycles. The van der Waals surface area contributed by atoms with Crippen LogP contribution in [0.1, 0.15) is 25.8 Å². The minimum atomic E-state index is 0.544. The van der Waals surface area contributed by atoms with Crippen LogP contribution in [0.2, 0.25) is 0 Å². The fourth-order valence-corrected chi connectivity index (χ4v) is 3.37. The monoisotopic (exact) mass is 247 g/mol. The molecule has 2 N–H and O–H groups in total. The van der Waals surface area contributed by atoms with E-state index in [4.69, 9.17) is 5.73 Å². The van der Waals surface area contributed by atoms with Crippen LogP contribution in [0, 0.1) is 0 Å². The maximum Gasteiger partial charge on any atom is 0.181 e. The molecule has 0 amide bonds. The first kappa shape index (κ1) is 10.8. The van der Waals surface area contributed by atoms with Crippen LogP contribution in [0.4, 0.5) is 10.8 Å². The Morgan fingerprint density at radius 1 is 1.41 bits per heavy atom. The fraction of sp³-hybridized carbons (Fsp3) is 0.462. The molecule has 17 heavy (non-hydrogen) atoms. The summed E-state index contributed by atoms with van der Waals surface area (Å²) < 4.78 is 1.21. The molecule has 0 unspecified atom stereocenters. The predicted octanol–water partition coefficient (Wildman–Crippen LogP) is 3.04. The van der Waals surface area contributed by atoms with Crippen molar-refractivity contribution in [1.82, 2.24) is 4.98 Å². The van der Waals surface area contributed by atoms with Gasteiger partial charge in [-0.05, 0) is 44.4 Å². The van der Waals surface area contributed by atoms with Crippen LogP contribution in [-0.2, 0) is 6.42 Å². The standard InChI is InChI=1S/C13H17N3S/c1-8(2)16-5-3-4-9-6-12-10(7-11(9)16)15-13(14)17-12/h6-8H,3-5H2,1-2H3,(H2,14,15). The van der Waals surface area contributed by atoms with E-state index < -0.39 is 0 Å². The first-order valence-electron chi connectivity index (χ1n) is 6.11. The third-order valence-corrected chi connectivity index (χ3v) is 4.23. The second kappa shape index (κ2) is 3.88. The van der Waals surface area contributed by atoms with Gasteiger partial charge in [0, 0.05) is 18.3 Å². The van der Waals surface area contributed by atoms with Gasteiger partial charge in [-0.2, -0.15) is 0 Å². The lowest BCUT2D eigenvalue weighted by atomic mass is 10.00. The third kappa shape index (κ3) is 1.76. The topological polar surface area (TPSA) is 42.1 Å². The van der Waals surface area contributed by atoms with Gasteiger partial charge in [0.1, 0.15) is 0 Å². The molecule has 1 aromatic carbocycles. The SMILES string of the molecule is CC(C)N1CCCc2cc3sc(N)nc3cc21. The molecule has 3 nitrogen and oxygen atoms in total. The van der Waals surface area contributed by atoms with E-state index in [1.165, 1.54) is 28.8 Å². The molecule has 1 aromatic heterocycles. The van der Waals surface area contributed by atoms with Gasteiger partial charge in [0.05, 0.1) is 10.2 Å². The molecule has 3 rings (SSSR count). The number of benzene rings is 1. The summed E-state index contributed by atoms with van der Waals surface area (Å²) >= 11 is 1.58. The van der Waals surface area contributed by atoms with Crippen LogP contribution >= 0.6 is 11.3 Å². The largest absolute Gasteiger partial charge is 0.375 e. The summed E-state index contributed by atoms with van der Waals surface area (Å²) in [4.78, 5) is 6.85. The number of thiazole rings is 1. The van der Waals surface area contributed by atoms with Crippen molar-refractivity contribution in [3.05, 3.63) is 17.7 Å². The lowest BCUT2D eigenvalue weighted by Crippen LogP contribution is -2.35. The van der Waals surface area contributed by atoms with Gasteiger partial charge in [-0.25, -0.2) is 4.98 Å². The molecule has 0 fully saturated rings. The maximum absolute atomic E-state index is 5.78. The Balaban J connectivity index is 2.18. The van der Waals surface area contributed by atoms with Crippen molar-refractivity contribution in [3.63, 3.8) is 0 Å². The summed E-state index contributed by atoms with van der Waals surface area (Å²) in [7, 11) is 0. The molecule has 4 heteroatoms. The van der Waals surface area contributed by atoms with Crippen LogP contribution < -0.4 is 10.6 Å². The molecular weight excluding hydrogens is 230 g/mol.